The maximum absolute atomic E-state index is 12.7. The zero-order valence-electron chi connectivity index (χ0n) is 16.3. The third-order valence-electron chi connectivity index (χ3n) is 4.86. The highest BCUT2D eigenvalue weighted by Crippen LogP contribution is 2.30. The van der Waals surface area contributed by atoms with Crippen LogP contribution in [-0.2, 0) is 23.0 Å². The molecule has 1 aliphatic heterocycles. The van der Waals surface area contributed by atoms with Gasteiger partial charge in [-0.3, -0.25) is 10.1 Å². The van der Waals surface area contributed by atoms with E-state index in [1.165, 1.54) is 28.8 Å². The normalized spacial score (nSPS) is 14.5. The second-order valence-electron chi connectivity index (χ2n) is 6.65. The maximum atomic E-state index is 12.7. The molecule has 0 saturated heterocycles. The minimum atomic E-state index is -3.29. The average Bonchev–Trinajstić information content (AvgIpc) is 3.14. The van der Waals surface area contributed by atoms with Crippen LogP contribution in [0.1, 0.15) is 27.9 Å². The van der Waals surface area contributed by atoms with Crippen molar-refractivity contribution in [3.05, 3.63) is 50.8 Å². The van der Waals surface area contributed by atoms with Gasteiger partial charge in [0.05, 0.1) is 18.6 Å². The summed E-state index contributed by atoms with van der Waals surface area (Å²) < 4.78 is 36.1. The van der Waals surface area contributed by atoms with E-state index in [1.54, 1.807) is 25.1 Å². The second kappa shape index (κ2) is 7.82. The molecule has 0 saturated carbocycles. The Hall–Kier alpha value is -2.76. The fraction of sp³-hybridized carbons (Fsp3) is 0.316. The molecule has 0 aliphatic carbocycles. The Balaban J connectivity index is 1.59. The first-order chi connectivity index (χ1) is 14.3. The number of amides is 1. The number of fused-ring (bicyclic) bond motifs is 2. The van der Waals surface area contributed by atoms with Crippen molar-refractivity contribution in [2.45, 2.75) is 19.9 Å². The summed E-state index contributed by atoms with van der Waals surface area (Å²) in [6.45, 7) is 2.20. The van der Waals surface area contributed by atoms with E-state index in [2.05, 4.69) is 10.3 Å². The van der Waals surface area contributed by atoms with Gasteiger partial charge in [-0.15, -0.1) is 11.3 Å². The average molecular weight is 450 g/mol. The monoisotopic (exact) mass is 449 g/mol. The van der Waals surface area contributed by atoms with Crippen molar-refractivity contribution < 1.29 is 22.4 Å². The number of anilines is 1. The van der Waals surface area contributed by atoms with E-state index in [4.69, 9.17) is 9.15 Å². The van der Waals surface area contributed by atoms with Crippen molar-refractivity contribution in [3.8, 4) is 5.75 Å². The van der Waals surface area contributed by atoms with Crippen LogP contribution in [0.25, 0.3) is 11.0 Å². The van der Waals surface area contributed by atoms with Crippen molar-refractivity contribution in [1.29, 1.82) is 0 Å². The van der Waals surface area contributed by atoms with Gasteiger partial charge < -0.3 is 9.15 Å². The summed E-state index contributed by atoms with van der Waals surface area (Å²) in [7, 11) is -1.83. The highest BCUT2D eigenvalue weighted by Gasteiger charge is 2.28. The number of nitrogens with one attached hydrogen (secondary N) is 1. The lowest BCUT2D eigenvalue weighted by atomic mass is 10.1. The van der Waals surface area contributed by atoms with Gasteiger partial charge in [0.1, 0.15) is 5.56 Å². The number of para-hydroxylation sites is 1. The number of hydrogen-bond acceptors (Lipinski definition) is 8. The first-order valence-electron chi connectivity index (χ1n) is 9.21. The molecule has 30 heavy (non-hydrogen) atoms. The zero-order valence-corrected chi connectivity index (χ0v) is 17.9. The highest BCUT2D eigenvalue weighted by molar-refractivity contribution is 7.89. The molecule has 1 aromatic carbocycles. The van der Waals surface area contributed by atoms with E-state index in [1.807, 2.05) is 0 Å². The molecule has 1 amide bonds. The number of rotatable bonds is 5. The van der Waals surface area contributed by atoms with Crippen molar-refractivity contribution in [1.82, 2.24) is 9.29 Å². The molecule has 2 aromatic heterocycles. The van der Waals surface area contributed by atoms with Crippen molar-refractivity contribution in [2.75, 3.05) is 24.7 Å². The fourth-order valence-corrected chi connectivity index (χ4v) is 5.41. The largest absolute Gasteiger partial charge is 0.493 e. The van der Waals surface area contributed by atoms with Crippen molar-refractivity contribution in [3.63, 3.8) is 0 Å². The Kier molecular flexibility index (Phi) is 5.35. The van der Waals surface area contributed by atoms with Gasteiger partial charge in [-0.05, 0) is 19.1 Å². The number of ether oxygens (including phenoxy) is 1. The standard InChI is InChI=1S/C19H19N3O6S2/c1-3-30(25,26)22-8-7-13-15(10-22)29-19(20-13)21-17(23)12-9-11-5-4-6-14(27-2)16(11)28-18(12)24/h4-6,9H,3,7-8,10H2,1-2H3,(H,20,21,23). The molecule has 1 aliphatic rings. The molecule has 0 radical (unpaired) electrons. The van der Waals surface area contributed by atoms with E-state index in [0.717, 1.165) is 10.6 Å². The summed E-state index contributed by atoms with van der Waals surface area (Å²) in [5.41, 5.74) is 0.0850. The minimum absolute atomic E-state index is 0.0350. The van der Waals surface area contributed by atoms with Crippen LogP contribution in [0.3, 0.4) is 0 Å². The van der Waals surface area contributed by atoms with Crippen molar-refractivity contribution >= 4 is 43.4 Å². The topological polar surface area (TPSA) is 119 Å². The molecule has 11 heteroatoms. The molecule has 3 heterocycles. The van der Waals surface area contributed by atoms with E-state index in [-0.39, 0.29) is 23.4 Å². The fourth-order valence-electron chi connectivity index (χ4n) is 3.25. The molecule has 9 nitrogen and oxygen atoms in total. The Bertz CT molecular complexity index is 1300. The molecule has 0 bridgehead atoms. The predicted molar refractivity (Wildman–Crippen MR) is 113 cm³/mol. The number of aromatic nitrogens is 1. The lowest BCUT2D eigenvalue weighted by Gasteiger charge is -2.24. The first kappa shape index (κ1) is 20.5. The minimum Gasteiger partial charge on any atom is -0.493 e. The van der Waals surface area contributed by atoms with Gasteiger partial charge in [0, 0.05) is 29.8 Å². The van der Waals surface area contributed by atoms with Crippen LogP contribution in [0.4, 0.5) is 5.13 Å². The Morgan fingerprint density at radius 1 is 1.40 bits per heavy atom. The quantitative estimate of drug-likeness (QED) is 0.593. The zero-order chi connectivity index (χ0) is 21.5. The van der Waals surface area contributed by atoms with Crippen LogP contribution in [0.2, 0.25) is 0 Å². The number of carbonyl (C=O) groups excluding carboxylic acids is 1. The van der Waals surface area contributed by atoms with E-state index in [9.17, 15) is 18.0 Å². The van der Waals surface area contributed by atoms with Crippen LogP contribution in [0.15, 0.2) is 33.5 Å². The van der Waals surface area contributed by atoms with Crippen LogP contribution in [-0.4, -0.2) is 43.0 Å². The number of benzene rings is 1. The molecular formula is C19H19N3O6S2. The molecule has 0 fully saturated rings. The summed E-state index contributed by atoms with van der Waals surface area (Å²) in [6, 6.07) is 6.55. The van der Waals surface area contributed by atoms with Gasteiger partial charge in [-0.2, -0.15) is 4.31 Å². The molecule has 0 atom stereocenters. The third-order valence-corrected chi connectivity index (χ3v) is 7.69. The SMILES string of the molecule is CCS(=O)(=O)N1CCc2nc(NC(=O)c3cc4cccc(OC)c4oc3=O)sc2C1. The van der Waals surface area contributed by atoms with E-state index >= 15 is 0 Å². The molecule has 1 N–H and O–H groups in total. The summed E-state index contributed by atoms with van der Waals surface area (Å²) in [5.74, 6) is -0.207. The second-order valence-corrected chi connectivity index (χ2v) is 9.99. The lowest BCUT2D eigenvalue weighted by Crippen LogP contribution is -2.36. The summed E-state index contributed by atoms with van der Waals surface area (Å²) in [5, 5.41) is 3.49. The summed E-state index contributed by atoms with van der Waals surface area (Å²) in [4.78, 5) is 30.2. The number of sulfonamides is 1. The number of hydrogen-bond donors (Lipinski definition) is 1. The van der Waals surface area contributed by atoms with Crippen molar-refractivity contribution in [2.24, 2.45) is 0 Å². The highest BCUT2D eigenvalue weighted by atomic mass is 32.2. The van der Waals surface area contributed by atoms with Gasteiger partial charge in [0.2, 0.25) is 10.0 Å². The Morgan fingerprint density at radius 2 is 2.20 bits per heavy atom. The van der Waals surface area contributed by atoms with Gasteiger partial charge in [-0.1, -0.05) is 12.1 Å². The van der Waals surface area contributed by atoms with E-state index in [0.29, 0.717) is 29.2 Å². The predicted octanol–water partition coefficient (Wildman–Crippen LogP) is 2.22. The van der Waals surface area contributed by atoms with Gasteiger partial charge in [0.25, 0.3) is 5.91 Å². The van der Waals surface area contributed by atoms with Crippen LogP contribution in [0.5, 0.6) is 5.75 Å². The third kappa shape index (κ3) is 3.71. The number of nitrogens with zero attached hydrogens (tertiary/aromatic N) is 2. The van der Waals surface area contributed by atoms with Gasteiger partial charge in [-0.25, -0.2) is 18.2 Å². The number of thiazole rings is 1. The molecule has 3 aromatic rings. The van der Waals surface area contributed by atoms with Gasteiger partial charge in [0.15, 0.2) is 16.5 Å². The Morgan fingerprint density at radius 3 is 2.93 bits per heavy atom. The molecule has 158 valence electrons. The smallest absolute Gasteiger partial charge is 0.349 e. The van der Waals surface area contributed by atoms with Crippen LogP contribution < -0.4 is 15.7 Å². The molecule has 0 spiro atoms. The lowest BCUT2D eigenvalue weighted by molar-refractivity contribution is 0.102. The van der Waals surface area contributed by atoms with Gasteiger partial charge >= 0.3 is 5.63 Å². The molecule has 4 rings (SSSR count). The first-order valence-corrected chi connectivity index (χ1v) is 11.6. The van der Waals surface area contributed by atoms with Crippen LogP contribution in [0, 0.1) is 0 Å². The number of carbonyl (C=O) groups is 1. The Labute approximate surface area is 176 Å². The summed E-state index contributed by atoms with van der Waals surface area (Å²) in [6.07, 6.45) is 0.471. The summed E-state index contributed by atoms with van der Waals surface area (Å²) >= 11 is 1.20. The number of methoxy groups -OCH3 is 1. The maximum Gasteiger partial charge on any atom is 0.349 e. The van der Waals surface area contributed by atoms with E-state index < -0.39 is 21.6 Å². The van der Waals surface area contributed by atoms with Crippen LogP contribution >= 0.6 is 11.3 Å². The molecular weight excluding hydrogens is 430 g/mol. The molecule has 0 unspecified atom stereocenters.